The first-order valence-corrected chi connectivity index (χ1v) is 18.6. The number of carbonyl (C=O) groups excluding carboxylic acids is 1. The van der Waals surface area contributed by atoms with E-state index in [9.17, 15) is 4.79 Å². The summed E-state index contributed by atoms with van der Waals surface area (Å²) in [6.07, 6.45) is -0.666. The molecular weight excluding hydrogens is 632 g/mol. The van der Waals surface area contributed by atoms with Gasteiger partial charge in [-0.15, -0.1) is 0 Å². The topological polar surface area (TPSA) is 42.0 Å². The Bertz CT molecular complexity index is 1280. The van der Waals surface area contributed by atoms with Crippen molar-refractivity contribution in [2.45, 2.75) is 54.6 Å². The number of nitrogens with zero attached hydrogens (tertiary/aromatic N) is 2. The standard InChI is InChI=1S/C21H27N2.C11H12O3.2ClH.Ru/c1-14-9-16(3)20(17(4)10-14)22-7-8-23(13-22)21-18(5)11-15(2)12-19(21)6;1-8-6-4-5-7-10(8)14-9(2)11(12)13-3;;;/h9-13H,7-8H2,1-6H3;1,4-7,9H,2-3H3;2*1H;/q-1;;;;+2/p-2. The maximum atomic E-state index is 11.2. The Hall–Kier alpha value is -2.40. The van der Waals surface area contributed by atoms with Gasteiger partial charge < -0.3 is 9.80 Å². The molecule has 40 heavy (non-hydrogen) atoms. The normalized spacial score (nSPS) is 13.8. The van der Waals surface area contributed by atoms with Crippen LogP contribution in [-0.2, 0) is 23.0 Å². The number of benzene rings is 3. The molecule has 3 aromatic rings. The van der Waals surface area contributed by atoms with Crippen molar-refractivity contribution in [1.29, 1.82) is 0 Å². The molecule has 1 atom stereocenters. The molecule has 1 aliphatic heterocycles. The summed E-state index contributed by atoms with van der Waals surface area (Å²) in [5, 5.41) is 0. The fraction of sp³-hybridized carbons (Fsp3) is 0.344. The summed E-state index contributed by atoms with van der Waals surface area (Å²) in [5.74, 6) is 0.149. The van der Waals surface area contributed by atoms with Crippen molar-refractivity contribution in [3.05, 3.63) is 94.1 Å². The van der Waals surface area contributed by atoms with Crippen LogP contribution in [0.5, 0.6) is 5.75 Å². The second-order valence-corrected chi connectivity index (χ2v) is 15.8. The van der Waals surface area contributed by atoms with E-state index >= 15 is 0 Å². The van der Waals surface area contributed by atoms with E-state index in [1.807, 2.05) is 18.2 Å². The summed E-state index contributed by atoms with van der Waals surface area (Å²) in [6, 6.07) is 16.4. The average molecular weight is 672 g/mol. The minimum Gasteiger partial charge on any atom is -0.502 e. The van der Waals surface area contributed by atoms with Gasteiger partial charge in [0.1, 0.15) is 0 Å². The molecule has 8 heteroatoms. The number of hydrogen-bond donors (Lipinski definition) is 0. The van der Waals surface area contributed by atoms with Crippen molar-refractivity contribution < 1.29 is 27.8 Å². The quantitative estimate of drug-likeness (QED) is 0.153. The number of para-hydroxylation sites is 1. The maximum absolute atomic E-state index is 11.2. The second kappa shape index (κ2) is 14.5. The molecule has 0 saturated carbocycles. The van der Waals surface area contributed by atoms with E-state index in [1.165, 1.54) is 51.9 Å². The van der Waals surface area contributed by atoms with Gasteiger partial charge in [0.25, 0.3) is 0 Å². The SMILES string of the molecule is COC(=O)C(C)Oc1ccccc1[CH]=[Ru]([Cl])[Cl].Cc1cc(C)c(N2[CH-]N(c3c(C)cc(C)cc3C)CC2)c(C)c1. The molecule has 0 aromatic heterocycles. The third-order valence-corrected chi connectivity index (χ3v) is 8.48. The molecule has 1 fully saturated rings. The van der Waals surface area contributed by atoms with Gasteiger partial charge in [-0.1, -0.05) is 35.4 Å². The molecule has 1 heterocycles. The molecule has 0 radical (unpaired) electrons. The molecule has 0 aliphatic carbocycles. The minimum atomic E-state index is -1.92. The molecule has 218 valence electrons. The van der Waals surface area contributed by atoms with Crippen LogP contribution in [0.2, 0.25) is 0 Å². The zero-order valence-electron chi connectivity index (χ0n) is 24.5. The van der Waals surface area contributed by atoms with Crippen LogP contribution >= 0.6 is 19.4 Å². The molecule has 0 amide bonds. The van der Waals surface area contributed by atoms with Crippen molar-refractivity contribution >= 4 is 41.3 Å². The zero-order valence-corrected chi connectivity index (χ0v) is 27.7. The first kappa shape index (κ1) is 32.1. The van der Waals surface area contributed by atoms with Gasteiger partial charge in [-0.3, -0.25) is 0 Å². The van der Waals surface area contributed by atoms with E-state index in [-0.39, 0.29) is 0 Å². The van der Waals surface area contributed by atoms with Crippen molar-refractivity contribution in [1.82, 2.24) is 0 Å². The summed E-state index contributed by atoms with van der Waals surface area (Å²) in [5.41, 5.74) is 11.6. The summed E-state index contributed by atoms with van der Waals surface area (Å²) < 4.78 is 11.9. The average Bonchev–Trinajstić information content (AvgIpc) is 3.32. The van der Waals surface area contributed by atoms with Crippen LogP contribution in [0, 0.1) is 48.2 Å². The van der Waals surface area contributed by atoms with Crippen LogP contribution in [0.4, 0.5) is 11.4 Å². The van der Waals surface area contributed by atoms with Gasteiger partial charge >= 0.3 is 113 Å². The van der Waals surface area contributed by atoms with Gasteiger partial charge in [-0.25, -0.2) is 0 Å². The van der Waals surface area contributed by atoms with Gasteiger partial charge in [0, 0.05) is 24.5 Å². The molecular formula is C32H39Cl2N2O3Ru-. The van der Waals surface area contributed by atoms with Gasteiger partial charge in [-0.2, -0.15) is 6.67 Å². The predicted octanol–water partition coefficient (Wildman–Crippen LogP) is 7.69. The number of halogens is 2. The van der Waals surface area contributed by atoms with Crippen molar-refractivity contribution in [2.24, 2.45) is 0 Å². The Morgan fingerprint density at radius 1 is 0.875 bits per heavy atom. The van der Waals surface area contributed by atoms with E-state index in [2.05, 4.69) is 87.0 Å². The third-order valence-electron chi connectivity index (χ3n) is 6.65. The van der Waals surface area contributed by atoms with E-state index < -0.39 is 25.6 Å². The zero-order chi connectivity index (χ0) is 29.6. The first-order valence-electron chi connectivity index (χ1n) is 13.1. The second-order valence-electron chi connectivity index (χ2n) is 10.1. The number of esters is 1. The van der Waals surface area contributed by atoms with E-state index in [0.29, 0.717) is 5.75 Å². The molecule has 0 N–H and O–H groups in total. The molecule has 4 rings (SSSR count). The molecule has 0 bridgehead atoms. The predicted molar refractivity (Wildman–Crippen MR) is 166 cm³/mol. The Morgan fingerprint density at radius 3 is 1.75 bits per heavy atom. The minimum absolute atomic E-state index is 0.425. The van der Waals surface area contributed by atoms with Crippen molar-refractivity contribution in [3.63, 3.8) is 0 Å². The van der Waals surface area contributed by atoms with Gasteiger partial charge in [0.2, 0.25) is 0 Å². The summed E-state index contributed by atoms with van der Waals surface area (Å²) in [4.78, 5) is 16.1. The molecule has 5 nitrogen and oxygen atoms in total. The summed E-state index contributed by atoms with van der Waals surface area (Å²) in [6.45, 7) is 19.2. The van der Waals surface area contributed by atoms with Crippen molar-refractivity contribution in [2.75, 3.05) is 30.0 Å². The van der Waals surface area contributed by atoms with E-state index in [0.717, 1.165) is 18.7 Å². The number of aryl methyl sites for hydroxylation is 6. The molecule has 1 aliphatic rings. The Morgan fingerprint density at radius 2 is 1.32 bits per heavy atom. The Balaban J connectivity index is 0.000000232. The van der Waals surface area contributed by atoms with Crippen molar-refractivity contribution in [3.8, 4) is 5.75 Å². The number of anilines is 2. The number of methoxy groups -OCH3 is 1. The maximum Gasteiger partial charge on any atom is 0.0146 e. The Kier molecular flexibility index (Phi) is 11.6. The fourth-order valence-corrected chi connectivity index (χ4v) is 7.06. The summed E-state index contributed by atoms with van der Waals surface area (Å²) >= 11 is -1.92. The number of rotatable bonds is 6. The third kappa shape index (κ3) is 8.31. The largest absolute Gasteiger partial charge is 0.502 e. The smallest absolute Gasteiger partial charge is 0.0146 e. The number of hydrogen-bond acceptors (Lipinski definition) is 5. The Labute approximate surface area is 252 Å². The van der Waals surface area contributed by atoms with Crippen LogP contribution in [0.25, 0.3) is 0 Å². The molecule has 0 spiro atoms. The van der Waals surface area contributed by atoms with Crippen LogP contribution in [-0.4, -0.2) is 36.9 Å². The van der Waals surface area contributed by atoms with Gasteiger partial charge in [-0.05, 0) is 63.8 Å². The molecule has 1 saturated heterocycles. The summed E-state index contributed by atoms with van der Waals surface area (Å²) in [7, 11) is 13.0. The van der Waals surface area contributed by atoms with Crippen LogP contribution in [0.15, 0.2) is 48.5 Å². The van der Waals surface area contributed by atoms with Crippen LogP contribution in [0.1, 0.15) is 45.9 Å². The van der Waals surface area contributed by atoms with E-state index in [1.54, 1.807) is 17.6 Å². The molecule has 1 unspecified atom stereocenters. The van der Waals surface area contributed by atoms with Gasteiger partial charge in [0.05, 0.1) is 0 Å². The van der Waals surface area contributed by atoms with Gasteiger partial charge in [0.15, 0.2) is 0 Å². The van der Waals surface area contributed by atoms with E-state index in [4.69, 9.17) is 24.1 Å². The number of ether oxygens (including phenoxy) is 2. The van der Waals surface area contributed by atoms with Crippen LogP contribution < -0.4 is 14.5 Å². The first-order chi connectivity index (χ1) is 18.9. The number of carbonyl (C=O) groups is 1. The fourth-order valence-electron chi connectivity index (χ4n) is 5.25. The monoisotopic (exact) mass is 671 g/mol. The molecule has 3 aromatic carbocycles. The van der Waals surface area contributed by atoms with Crippen LogP contribution in [0.3, 0.4) is 0 Å².